The lowest BCUT2D eigenvalue weighted by molar-refractivity contribution is -0.114. The van der Waals surface area contributed by atoms with Crippen LogP contribution < -0.4 is 14.9 Å². The average molecular weight is 467 g/mol. The number of benzene rings is 2. The second-order valence-electron chi connectivity index (χ2n) is 7.31. The van der Waals surface area contributed by atoms with Gasteiger partial charge in [0.05, 0.1) is 29.3 Å². The second kappa shape index (κ2) is 10.0. The molecule has 0 unspecified atom stereocenters. The van der Waals surface area contributed by atoms with Gasteiger partial charge in [0.15, 0.2) is 11.6 Å². The van der Waals surface area contributed by atoms with Crippen LogP contribution in [0, 0.1) is 11.6 Å². The number of nitrogens with one attached hydrogen (secondary N) is 2. The molecule has 1 saturated heterocycles. The summed E-state index contributed by atoms with van der Waals surface area (Å²) < 4.78 is 57.2. The lowest BCUT2D eigenvalue weighted by atomic mass is 10.1. The van der Waals surface area contributed by atoms with Gasteiger partial charge in [0.2, 0.25) is 15.9 Å². The summed E-state index contributed by atoms with van der Waals surface area (Å²) in [6.07, 6.45) is 2.57. The first kappa shape index (κ1) is 23.6. The van der Waals surface area contributed by atoms with E-state index in [1.807, 2.05) is 0 Å². The highest BCUT2D eigenvalue weighted by molar-refractivity contribution is 7.92. The van der Waals surface area contributed by atoms with Crippen molar-refractivity contribution in [2.75, 3.05) is 35.6 Å². The summed E-state index contributed by atoms with van der Waals surface area (Å²) in [6.45, 7) is 0.289. The Balaban J connectivity index is 1.72. The van der Waals surface area contributed by atoms with Gasteiger partial charge in [-0.05, 0) is 37.1 Å². The predicted molar refractivity (Wildman–Crippen MR) is 115 cm³/mol. The highest BCUT2D eigenvalue weighted by Gasteiger charge is 2.23. The van der Waals surface area contributed by atoms with E-state index in [2.05, 4.69) is 10.6 Å². The van der Waals surface area contributed by atoms with E-state index >= 15 is 0 Å². The molecule has 8 nitrogen and oxygen atoms in total. The van der Waals surface area contributed by atoms with Gasteiger partial charge < -0.3 is 15.4 Å². The topological polar surface area (TPSA) is 105 Å². The number of halogens is 2. The van der Waals surface area contributed by atoms with Gasteiger partial charge in [-0.1, -0.05) is 12.1 Å². The molecule has 0 aromatic heterocycles. The quantitative estimate of drug-likeness (QED) is 0.620. The van der Waals surface area contributed by atoms with E-state index in [1.165, 1.54) is 12.1 Å². The Hall–Kier alpha value is -3.05. The summed E-state index contributed by atoms with van der Waals surface area (Å²) in [5.74, 6) is -3.57. The van der Waals surface area contributed by atoms with E-state index in [-0.39, 0.29) is 23.0 Å². The molecular weight excluding hydrogens is 444 g/mol. The van der Waals surface area contributed by atoms with Gasteiger partial charge in [-0.2, -0.15) is 0 Å². The van der Waals surface area contributed by atoms with E-state index in [9.17, 15) is 26.8 Å². The third kappa shape index (κ3) is 6.01. The normalized spacial score (nSPS) is 15.9. The fraction of sp³-hybridized carbons (Fsp3) is 0.333. The second-order valence-corrected chi connectivity index (χ2v) is 9.21. The molecule has 32 heavy (non-hydrogen) atoms. The van der Waals surface area contributed by atoms with Crippen LogP contribution in [0.3, 0.4) is 0 Å². The Bertz CT molecular complexity index is 1100. The average Bonchev–Trinajstić information content (AvgIpc) is 3.26. The zero-order valence-corrected chi connectivity index (χ0v) is 18.1. The van der Waals surface area contributed by atoms with Crippen molar-refractivity contribution in [3.05, 3.63) is 59.7 Å². The molecule has 2 N–H and O–H groups in total. The number of carbonyl (C=O) groups is 2. The largest absolute Gasteiger partial charge is 0.376 e. The van der Waals surface area contributed by atoms with Crippen LogP contribution in [-0.4, -0.2) is 52.3 Å². The zero-order chi connectivity index (χ0) is 23.3. The molecule has 0 aliphatic carbocycles. The molecule has 1 atom stereocenters. The van der Waals surface area contributed by atoms with Gasteiger partial charge >= 0.3 is 0 Å². The standard InChI is InChI=1S/C21H23F2N3O5S/c1-32(29,30)26(14-8-9-17(22)18(23)11-14)13-20(27)25-19-7-3-2-6-16(19)21(28)24-12-15-5-4-10-31-15/h2-3,6-9,11,15H,4-5,10,12-13H2,1H3,(H,24,28)(H,25,27)/t15-/m1/s1. The smallest absolute Gasteiger partial charge is 0.253 e. The maximum Gasteiger partial charge on any atom is 0.253 e. The first-order valence-corrected chi connectivity index (χ1v) is 11.7. The van der Waals surface area contributed by atoms with Crippen LogP contribution in [0.1, 0.15) is 23.2 Å². The van der Waals surface area contributed by atoms with Crippen molar-refractivity contribution in [3.63, 3.8) is 0 Å². The maximum atomic E-state index is 13.6. The lowest BCUT2D eigenvalue weighted by Crippen LogP contribution is -2.38. The van der Waals surface area contributed by atoms with Crippen LogP contribution >= 0.6 is 0 Å². The lowest BCUT2D eigenvalue weighted by Gasteiger charge is -2.22. The first-order chi connectivity index (χ1) is 15.1. The maximum absolute atomic E-state index is 13.6. The predicted octanol–water partition coefficient (Wildman–Crippen LogP) is 2.28. The molecule has 172 valence electrons. The summed E-state index contributed by atoms with van der Waals surface area (Å²) in [5.41, 5.74) is 0.169. The van der Waals surface area contributed by atoms with Crippen molar-refractivity contribution in [1.82, 2.24) is 5.32 Å². The molecule has 2 amide bonds. The molecule has 1 aliphatic rings. The number of para-hydroxylation sites is 1. The Morgan fingerprint density at radius 3 is 2.56 bits per heavy atom. The van der Waals surface area contributed by atoms with Crippen molar-refractivity contribution in [1.29, 1.82) is 0 Å². The molecule has 11 heteroatoms. The van der Waals surface area contributed by atoms with Crippen molar-refractivity contribution in [3.8, 4) is 0 Å². The molecule has 2 aromatic carbocycles. The van der Waals surface area contributed by atoms with E-state index in [0.29, 0.717) is 23.5 Å². The summed E-state index contributed by atoms with van der Waals surface area (Å²) in [6, 6.07) is 8.77. The number of anilines is 2. The van der Waals surface area contributed by atoms with Crippen molar-refractivity contribution in [2.45, 2.75) is 18.9 Å². The first-order valence-electron chi connectivity index (χ1n) is 9.86. The number of nitrogens with zero attached hydrogens (tertiary/aromatic N) is 1. The third-order valence-electron chi connectivity index (χ3n) is 4.84. The van der Waals surface area contributed by atoms with E-state index in [0.717, 1.165) is 31.2 Å². The van der Waals surface area contributed by atoms with Crippen LogP contribution in [0.15, 0.2) is 42.5 Å². The fourth-order valence-electron chi connectivity index (χ4n) is 3.26. The van der Waals surface area contributed by atoms with Gasteiger partial charge in [-0.25, -0.2) is 17.2 Å². The molecule has 0 radical (unpaired) electrons. The number of ether oxygens (including phenoxy) is 1. The molecule has 1 fully saturated rings. The van der Waals surface area contributed by atoms with Crippen LogP contribution in [0.5, 0.6) is 0 Å². The Morgan fingerprint density at radius 1 is 1.16 bits per heavy atom. The highest BCUT2D eigenvalue weighted by atomic mass is 32.2. The van der Waals surface area contributed by atoms with Crippen molar-refractivity contribution >= 4 is 33.2 Å². The number of amides is 2. The Labute approximate surface area is 184 Å². The van der Waals surface area contributed by atoms with Crippen LogP contribution in [0.2, 0.25) is 0 Å². The van der Waals surface area contributed by atoms with Crippen LogP contribution in [-0.2, 0) is 19.6 Å². The number of hydrogen-bond donors (Lipinski definition) is 2. The van der Waals surface area contributed by atoms with E-state index in [1.54, 1.807) is 12.1 Å². The van der Waals surface area contributed by atoms with Crippen molar-refractivity contribution in [2.24, 2.45) is 0 Å². The van der Waals surface area contributed by atoms with Gasteiger partial charge in [0.1, 0.15) is 6.54 Å². The van der Waals surface area contributed by atoms with Gasteiger partial charge in [0, 0.05) is 19.2 Å². The van der Waals surface area contributed by atoms with E-state index in [4.69, 9.17) is 4.74 Å². The summed E-state index contributed by atoms with van der Waals surface area (Å²) in [7, 11) is -3.99. The fourth-order valence-corrected chi connectivity index (χ4v) is 4.11. The molecule has 2 aromatic rings. The molecule has 0 saturated carbocycles. The minimum absolute atomic E-state index is 0.0554. The molecular formula is C21H23F2N3O5S. The third-order valence-corrected chi connectivity index (χ3v) is 5.98. The minimum atomic E-state index is -3.99. The molecule has 0 bridgehead atoms. The SMILES string of the molecule is CS(=O)(=O)N(CC(=O)Nc1ccccc1C(=O)NC[C@H]1CCCO1)c1ccc(F)c(F)c1. The van der Waals surface area contributed by atoms with E-state index < -0.39 is 40.0 Å². The van der Waals surface area contributed by atoms with Crippen LogP contribution in [0.25, 0.3) is 0 Å². The Kier molecular flexibility index (Phi) is 7.41. The number of sulfonamides is 1. The monoisotopic (exact) mass is 467 g/mol. The number of carbonyl (C=O) groups excluding carboxylic acids is 2. The number of hydrogen-bond acceptors (Lipinski definition) is 5. The minimum Gasteiger partial charge on any atom is -0.376 e. The number of rotatable bonds is 8. The highest BCUT2D eigenvalue weighted by Crippen LogP contribution is 2.21. The van der Waals surface area contributed by atoms with Gasteiger partial charge in [-0.3, -0.25) is 13.9 Å². The van der Waals surface area contributed by atoms with Gasteiger partial charge in [0.25, 0.3) is 5.91 Å². The van der Waals surface area contributed by atoms with Gasteiger partial charge in [-0.15, -0.1) is 0 Å². The molecule has 3 rings (SSSR count). The molecule has 1 heterocycles. The Morgan fingerprint density at radius 2 is 1.91 bits per heavy atom. The van der Waals surface area contributed by atoms with Crippen LogP contribution in [0.4, 0.5) is 20.2 Å². The zero-order valence-electron chi connectivity index (χ0n) is 17.3. The summed E-state index contributed by atoms with van der Waals surface area (Å²) in [5, 5.41) is 5.27. The summed E-state index contributed by atoms with van der Waals surface area (Å²) in [4.78, 5) is 25.2. The molecule has 1 aliphatic heterocycles. The summed E-state index contributed by atoms with van der Waals surface area (Å²) >= 11 is 0. The van der Waals surface area contributed by atoms with Crippen molar-refractivity contribution < 1.29 is 31.5 Å². The molecule has 0 spiro atoms.